The molecule has 2 rings (SSSR count). The largest absolute Gasteiger partial charge is 0.324 e. The van der Waals surface area contributed by atoms with Crippen LogP contribution in [-0.2, 0) is 4.79 Å². The molecule has 1 aliphatic carbocycles. The minimum Gasteiger partial charge on any atom is -0.324 e. The molecule has 1 fully saturated rings. The van der Waals surface area contributed by atoms with Crippen molar-refractivity contribution in [2.45, 2.75) is 45.4 Å². The average molecular weight is 389 g/mol. The van der Waals surface area contributed by atoms with Crippen LogP contribution in [0.2, 0.25) is 0 Å². The van der Waals surface area contributed by atoms with Crippen LogP contribution >= 0.6 is 31.9 Å². The van der Waals surface area contributed by atoms with Gasteiger partial charge in [0.05, 0.1) is 5.69 Å². The number of hydrogen-bond acceptors (Lipinski definition) is 1. The average Bonchev–Trinajstić information content (AvgIpc) is 2.34. The number of nitrogens with one attached hydrogen (secondary N) is 1. The second-order valence-electron chi connectivity index (χ2n) is 5.41. The van der Waals surface area contributed by atoms with Gasteiger partial charge in [-0.1, -0.05) is 26.2 Å². The van der Waals surface area contributed by atoms with Crippen LogP contribution in [0.3, 0.4) is 0 Å². The molecule has 2 nitrogen and oxygen atoms in total. The summed E-state index contributed by atoms with van der Waals surface area (Å²) >= 11 is 7.14. The number of benzene rings is 1. The van der Waals surface area contributed by atoms with Crippen molar-refractivity contribution >= 4 is 43.5 Å². The zero-order chi connectivity index (χ0) is 14.0. The van der Waals surface area contributed by atoms with Crippen LogP contribution in [0.5, 0.6) is 0 Å². The summed E-state index contributed by atoms with van der Waals surface area (Å²) in [6.07, 6.45) is 5.24. The van der Waals surface area contributed by atoms with Crippen LogP contribution in [0.1, 0.15) is 51.0 Å². The highest BCUT2D eigenvalue weighted by molar-refractivity contribution is 9.11. The minimum absolute atomic E-state index is 0.0554. The van der Waals surface area contributed by atoms with Crippen LogP contribution in [0.15, 0.2) is 21.1 Å². The third kappa shape index (κ3) is 3.60. The standard InChI is InChI=1S/C15H19Br2NO/c1-9-5-3-4-6-12(9)11-7-13(16)15(14(17)8-11)18-10(2)19/h7-9,12H,3-6H2,1-2H3,(H,18,19)/t9-,12+/m1/s1. The predicted octanol–water partition coefficient (Wildman–Crippen LogP) is 5.46. The van der Waals surface area contributed by atoms with E-state index in [-0.39, 0.29) is 5.91 Å². The molecule has 0 radical (unpaired) electrons. The van der Waals surface area contributed by atoms with Gasteiger partial charge in [0.1, 0.15) is 0 Å². The molecule has 19 heavy (non-hydrogen) atoms. The van der Waals surface area contributed by atoms with E-state index in [4.69, 9.17) is 0 Å². The van der Waals surface area contributed by atoms with Crippen LogP contribution < -0.4 is 5.32 Å². The zero-order valence-corrected chi connectivity index (χ0v) is 14.5. The summed E-state index contributed by atoms with van der Waals surface area (Å²) in [5.74, 6) is 1.31. The third-order valence-corrected chi connectivity index (χ3v) is 5.16. The molecule has 0 bridgehead atoms. The van der Waals surface area contributed by atoms with E-state index in [0.717, 1.165) is 20.6 Å². The van der Waals surface area contributed by atoms with Crippen molar-refractivity contribution in [3.63, 3.8) is 0 Å². The Balaban J connectivity index is 2.30. The van der Waals surface area contributed by atoms with E-state index in [0.29, 0.717) is 5.92 Å². The SMILES string of the molecule is CC(=O)Nc1c(Br)cc([C@H]2CCCC[C@H]2C)cc1Br. The molecule has 1 aromatic carbocycles. The van der Waals surface area contributed by atoms with Crippen LogP contribution in [0.4, 0.5) is 5.69 Å². The molecule has 0 aliphatic heterocycles. The topological polar surface area (TPSA) is 29.1 Å². The number of rotatable bonds is 2. The van der Waals surface area contributed by atoms with Gasteiger partial charge in [0.15, 0.2) is 0 Å². The van der Waals surface area contributed by atoms with Gasteiger partial charge < -0.3 is 5.32 Å². The molecule has 1 aromatic rings. The van der Waals surface area contributed by atoms with E-state index in [2.05, 4.69) is 56.2 Å². The number of amides is 1. The van der Waals surface area contributed by atoms with Gasteiger partial charge in [-0.15, -0.1) is 0 Å². The number of carbonyl (C=O) groups excluding carboxylic acids is 1. The second kappa shape index (κ2) is 6.40. The Labute approximate surface area is 131 Å². The first kappa shape index (κ1) is 15.0. The van der Waals surface area contributed by atoms with Gasteiger partial charge in [-0.05, 0) is 67.8 Å². The van der Waals surface area contributed by atoms with Crippen molar-refractivity contribution in [1.82, 2.24) is 0 Å². The molecule has 0 spiro atoms. The number of anilines is 1. The molecule has 1 amide bonds. The first-order valence-corrected chi connectivity index (χ1v) is 8.34. The molecule has 1 saturated carbocycles. The predicted molar refractivity (Wildman–Crippen MR) is 86.5 cm³/mol. The van der Waals surface area contributed by atoms with Crippen molar-refractivity contribution in [3.8, 4) is 0 Å². The molecular formula is C15H19Br2NO. The maximum absolute atomic E-state index is 11.2. The Morgan fingerprint density at radius 3 is 2.32 bits per heavy atom. The smallest absolute Gasteiger partial charge is 0.221 e. The number of hydrogen-bond donors (Lipinski definition) is 1. The number of carbonyl (C=O) groups is 1. The lowest BCUT2D eigenvalue weighted by Gasteiger charge is -2.29. The van der Waals surface area contributed by atoms with Gasteiger partial charge in [0.2, 0.25) is 5.91 Å². The fourth-order valence-corrected chi connectivity index (χ4v) is 4.33. The maximum Gasteiger partial charge on any atom is 0.221 e. The maximum atomic E-state index is 11.2. The Kier molecular flexibility index (Phi) is 5.07. The molecule has 104 valence electrons. The first-order valence-electron chi connectivity index (χ1n) is 6.75. The Hall–Kier alpha value is -0.350. The van der Waals surface area contributed by atoms with Crippen molar-refractivity contribution in [3.05, 3.63) is 26.6 Å². The van der Waals surface area contributed by atoms with Crippen LogP contribution in [0, 0.1) is 5.92 Å². The summed E-state index contributed by atoms with van der Waals surface area (Å²) in [6.45, 7) is 3.86. The Morgan fingerprint density at radius 2 is 1.79 bits per heavy atom. The Bertz CT molecular complexity index is 464. The molecular weight excluding hydrogens is 370 g/mol. The summed E-state index contributed by atoms with van der Waals surface area (Å²) in [4.78, 5) is 11.2. The van der Waals surface area contributed by atoms with Gasteiger partial charge >= 0.3 is 0 Å². The lowest BCUT2D eigenvalue weighted by molar-refractivity contribution is -0.114. The normalized spacial score (nSPS) is 23.2. The molecule has 1 aliphatic rings. The van der Waals surface area contributed by atoms with E-state index < -0.39 is 0 Å². The summed E-state index contributed by atoms with van der Waals surface area (Å²) in [5, 5.41) is 2.85. The van der Waals surface area contributed by atoms with Gasteiger partial charge in [-0.25, -0.2) is 0 Å². The highest BCUT2D eigenvalue weighted by Crippen LogP contribution is 2.41. The fraction of sp³-hybridized carbons (Fsp3) is 0.533. The third-order valence-electron chi connectivity index (χ3n) is 3.91. The minimum atomic E-state index is -0.0554. The summed E-state index contributed by atoms with van der Waals surface area (Å²) in [5.41, 5.74) is 2.18. The van der Waals surface area contributed by atoms with Gasteiger partial charge in [-0.2, -0.15) is 0 Å². The molecule has 0 unspecified atom stereocenters. The van der Waals surface area contributed by atoms with Crippen LogP contribution in [-0.4, -0.2) is 5.91 Å². The first-order chi connectivity index (χ1) is 8.99. The number of halogens is 2. The monoisotopic (exact) mass is 387 g/mol. The fourth-order valence-electron chi connectivity index (χ4n) is 2.91. The van der Waals surface area contributed by atoms with E-state index in [1.807, 2.05) is 0 Å². The Morgan fingerprint density at radius 1 is 1.21 bits per heavy atom. The molecule has 0 saturated heterocycles. The van der Waals surface area contributed by atoms with E-state index in [1.165, 1.54) is 38.2 Å². The van der Waals surface area contributed by atoms with Crippen molar-refractivity contribution in [2.24, 2.45) is 5.92 Å². The quantitative estimate of drug-likeness (QED) is 0.715. The zero-order valence-electron chi connectivity index (χ0n) is 11.3. The van der Waals surface area contributed by atoms with Gasteiger partial charge in [-0.3, -0.25) is 4.79 Å². The highest BCUT2D eigenvalue weighted by atomic mass is 79.9. The van der Waals surface area contributed by atoms with E-state index in [9.17, 15) is 4.79 Å². The summed E-state index contributed by atoms with van der Waals surface area (Å²) in [6, 6.07) is 4.31. The molecule has 0 aromatic heterocycles. The van der Waals surface area contributed by atoms with Crippen molar-refractivity contribution in [1.29, 1.82) is 0 Å². The molecule has 0 heterocycles. The van der Waals surface area contributed by atoms with Crippen molar-refractivity contribution < 1.29 is 4.79 Å². The molecule has 2 atom stereocenters. The van der Waals surface area contributed by atoms with Crippen molar-refractivity contribution in [2.75, 3.05) is 5.32 Å². The lowest BCUT2D eigenvalue weighted by Crippen LogP contribution is -2.15. The summed E-state index contributed by atoms with van der Waals surface area (Å²) < 4.78 is 1.90. The molecule has 4 heteroatoms. The van der Waals surface area contributed by atoms with E-state index >= 15 is 0 Å². The highest BCUT2D eigenvalue weighted by Gasteiger charge is 2.24. The summed E-state index contributed by atoms with van der Waals surface area (Å²) in [7, 11) is 0. The van der Waals surface area contributed by atoms with Crippen LogP contribution in [0.25, 0.3) is 0 Å². The molecule has 1 N–H and O–H groups in total. The second-order valence-corrected chi connectivity index (χ2v) is 7.12. The lowest BCUT2D eigenvalue weighted by atomic mass is 9.76. The van der Waals surface area contributed by atoms with E-state index in [1.54, 1.807) is 0 Å². The van der Waals surface area contributed by atoms with Gasteiger partial charge in [0, 0.05) is 15.9 Å². The van der Waals surface area contributed by atoms with Gasteiger partial charge in [0.25, 0.3) is 0 Å².